The van der Waals surface area contributed by atoms with Crippen molar-refractivity contribution in [2.24, 2.45) is 0 Å². The molecule has 0 heterocycles. The molecule has 110 valence electrons. The summed E-state index contributed by atoms with van der Waals surface area (Å²) in [6, 6.07) is 15.8. The van der Waals surface area contributed by atoms with Gasteiger partial charge in [0.05, 0.1) is 4.90 Å². The highest BCUT2D eigenvalue weighted by atomic mass is 32.2. The topological polar surface area (TPSA) is 71.4 Å². The van der Waals surface area contributed by atoms with Crippen LogP contribution in [0.5, 0.6) is 0 Å². The van der Waals surface area contributed by atoms with E-state index in [9.17, 15) is 13.2 Å². The molecule has 0 aliphatic heterocycles. The monoisotopic (exact) mass is 304 g/mol. The van der Waals surface area contributed by atoms with E-state index in [1.54, 1.807) is 12.1 Å². The molecule has 5 heteroatoms. The second-order valence-electron chi connectivity index (χ2n) is 5.21. The number of sulfone groups is 1. The Labute approximate surface area is 124 Å². The maximum absolute atomic E-state index is 12.4. The molecular formula is C16H16O4S. The fourth-order valence-electron chi connectivity index (χ4n) is 1.87. The minimum Gasteiger partial charge on any atom is -0.480 e. The normalized spacial score (nSPS) is 12.1. The molecule has 21 heavy (non-hydrogen) atoms. The molecule has 0 saturated carbocycles. The van der Waals surface area contributed by atoms with E-state index >= 15 is 0 Å². The highest BCUT2D eigenvalue weighted by Gasteiger charge is 2.42. The number of carbonyl (C=O) groups is 1. The van der Waals surface area contributed by atoms with Crippen molar-refractivity contribution in [3.8, 4) is 11.1 Å². The quantitative estimate of drug-likeness (QED) is 0.942. The van der Waals surface area contributed by atoms with Gasteiger partial charge in [0, 0.05) is 0 Å². The summed E-state index contributed by atoms with van der Waals surface area (Å²) >= 11 is 0. The van der Waals surface area contributed by atoms with Crippen LogP contribution in [0, 0.1) is 0 Å². The zero-order valence-electron chi connectivity index (χ0n) is 11.8. The van der Waals surface area contributed by atoms with E-state index in [4.69, 9.17) is 5.11 Å². The molecule has 0 spiro atoms. The summed E-state index contributed by atoms with van der Waals surface area (Å²) in [5.74, 6) is -1.37. The van der Waals surface area contributed by atoms with Gasteiger partial charge < -0.3 is 5.11 Å². The van der Waals surface area contributed by atoms with Crippen LogP contribution in [-0.4, -0.2) is 24.2 Å². The van der Waals surface area contributed by atoms with Crippen molar-refractivity contribution in [3.63, 3.8) is 0 Å². The van der Waals surface area contributed by atoms with Crippen LogP contribution in [-0.2, 0) is 14.6 Å². The second-order valence-corrected chi connectivity index (χ2v) is 7.71. The molecule has 2 rings (SSSR count). The standard InChI is InChI=1S/C16H16O4S/c1-16(2,15(17)18)21(19,20)14-10-8-13(9-11-14)12-6-4-3-5-7-12/h3-11H,1-2H3,(H,17,18). The lowest BCUT2D eigenvalue weighted by molar-refractivity contribution is -0.139. The van der Waals surface area contributed by atoms with Crippen molar-refractivity contribution in [2.45, 2.75) is 23.5 Å². The summed E-state index contributed by atoms with van der Waals surface area (Å²) in [4.78, 5) is 11.2. The molecule has 0 aliphatic rings. The molecule has 0 bridgehead atoms. The molecule has 0 fully saturated rings. The summed E-state index contributed by atoms with van der Waals surface area (Å²) in [5.41, 5.74) is 1.85. The van der Waals surface area contributed by atoms with Crippen LogP contribution in [0.25, 0.3) is 11.1 Å². The SMILES string of the molecule is CC(C)(C(=O)O)S(=O)(=O)c1ccc(-c2ccccc2)cc1. The predicted molar refractivity (Wildman–Crippen MR) is 80.8 cm³/mol. The van der Waals surface area contributed by atoms with Gasteiger partial charge in [-0.25, -0.2) is 8.42 Å². The van der Waals surface area contributed by atoms with E-state index in [1.165, 1.54) is 26.0 Å². The molecule has 0 aromatic heterocycles. The number of carboxylic acids is 1. The van der Waals surface area contributed by atoms with Crippen LogP contribution >= 0.6 is 0 Å². The van der Waals surface area contributed by atoms with E-state index in [0.29, 0.717) is 0 Å². The summed E-state index contributed by atoms with van der Waals surface area (Å²) in [5, 5.41) is 9.09. The second kappa shape index (κ2) is 5.33. The summed E-state index contributed by atoms with van der Waals surface area (Å²) in [6.45, 7) is 2.38. The lowest BCUT2D eigenvalue weighted by atomic mass is 10.1. The Morgan fingerprint density at radius 2 is 1.38 bits per heavy atom. The number of benzene rings is 2. The molecule has 2 aromatic rings. The summed E-state index contributed by atoms with van der Waals surface area (Å²) < 4.78 is 22.9. The van der Waals surface area contributed by atoms with Gasteiger partial charge in [0.15, 0.2) is 14.6 Å². The van der Waals surface area contributed by atoms with Crippen molar-refractivity contribution in [2.75, 3.05) is 0 Å². The van der Waals surface area contributed by atoms with Crippen LogP contribution < -0.4 is 0 Å². The van der Waals surface area contributed by atoms with Gasteiger partial charge in [-0.05, 0) is 37.1 Å². The van der Waals surface area contributed by atoms with Crippen molar-refractivity contribution < 1.29 is 18.3 Å². The van der Waals surface area contributed by atoms with Gasteiger partial charge in [-0.2, -0.15) is 0 Å². The number of rotatable bonds is 4. The third kappa shape index (κ3) is 2.69. The number of aliphatic carboxylic acids is 1. The molecule has 0 radical (unpaired) electrons. The lowest BCUT2D eigenvalue weighted by Crippen LogP contribution is -2.40. The van der Waals surface area contributed by atoms with Crippen LogP contribution in [0.4, 0.5) is 0 Å². The van der Waals surface area contributed by atoms with Crippen molar-refractivity contribution in [1.29, 1.82) is 0 Å². The molecule has 0 amide bonds. The Balaban J connectivity index is 2.42. The van der Waals surface area contributed by atoms with Crippen LogP contribution in [0.3, 0.4) is 0 Å². The fourth-order valence-corrected chi connectivity index (χ4v) is 3.18. The summed E-state index contributed by atoms with van der Waals surface area (Å²) in [7, 11) is -3.94. The maximum atomic E-state index is 12.4. The molecule has 0 atom stereocenters. The molecule has 1 N–H and O–H groups in total. The maximum Gasteiger partial charge on any atom is 0.324 e. The van der Waals surface area contributed by atoms with Gasteiger partial charge in [-0.1, -0.05) is 42.5 Å². The Morgan fingerprint density at radius 1 is 0.905 bits per heavy atom. The Hall–Kier alpha value is -2.14. The highest BCUT2D eigenvalue weighted by molar-refractivity contribution is 7.93. The average Bonchev–Trinajstić information content (AvgIpc) is 2.48. The van der Waals surface area contributed by atoms with Crippen molar-refractivity contribution >= 4 is 15.8 Å². The number of hydrogen-bond donors (Lipinski definition) is 1. The Kier molecular flexibility index (Phi) is 3.87. The molecular weight excluding hydrogens is 288 g/mol. The molecule has 0 aliphatic carbocycles. The number of carboxylic acid groups (broad SMARTS) is 1. The Morgan fingerprint density at radius 3 is 1.86 bits per heavy atom. The van der Waals surface area contributed by atoms with Gasteiger partial charge in [0.2, 0.25) is 0 Å². The smallest absolute Gasteiger partial charge is 0.324 e. The molecule has 4 nitrogen and oxygen atoms in total. The third-order valence-corrected chi connectivity index (χ3v) is 5.87. The first-order chi connectivity index (χ1) is 9.76. The predicted octanol–water partition coefficient (Wildman–Crippen LogP) is 2.99. The van der Waals surface area contributed by atoms with Crippen LogP contribution in [0.15, 0.2) is 59.5 Å². The first-order valence-electron chi connectivity index (χ1n) is 6.40. The first-order valence-corrected chi connectivity index (χ1v) is 7.88. The Bertz CT molecular complexity index is 745. The van der Waals surface area contributed by atoms with E-state index in [1.807, 2.05) is 30.3 Å². The zero-order chi connectivity index (χ0) is 15.7. The average molecular weight is 304 g/mol. The minimum absolute atomic E-state index is 0.00887. The first kappa shape index (κ1) is 15.3. The molecule has 0 saturated heterocycles. The van der Waals surface area contributed by atoms with Gasteiger partial charge >= 0.3 is 5.97 Å². The van der Waals surface area contributed by atoms with E-state index in [0.717, 1.165) is 11.1 Å². The van der Waals surface area contributed by atoms with Crippen LogP contribution in [0.1, 0.15) is 13.8 Å². The van der Waals surface area contributed by atoms with Gasteiger partial charge in [-0.3, -0.25) is 4.79 Å². The lowest BCUT2D eigenvalue weighted by Gasteiger charge is -2.19. The van der Waals surface area contributed by atoms with Gasteiger partial charge in [0.1, 0.15) is 0 Å². The molecule has 2 aromatic carbocycles. The molecule has 0 unspecified atom stereocenters. The van der Waals surface area contributed by atoms with E-state index in [2.05, 4.69) is 0 Å². The highest BCUT2D eigenvalue weighted by Crippen LogP contribution is 2.28. The number of hydrogen-bond acceptors (Lipinski definition) is 3. The van der Waals surface area contributed by atoms with E-state index < -0.39 is 20.6 Å². The zero-order valence-corrected chi connectivity index (χ0v) is 12.6. The van der Waals surface area contributed by atoms with E-state index in [-0.39, 0.29) is 4.90 Å². The minimum atomic E-state index is -3.94. The fraction of sp³-hybridized carbons (Fsp3) is 0.188. The third-order valence-electron chi connectivity index (χ3n) is 3.46. The van der Waals surface area contributed by atoms with Gasteiger partial charge in [0.25, 0.3) is 0 Å². The van der Waals surface area contributed by atoms with Crippen LogP contribution in [0.2, 0.25) is 0 Å². The van der Waals surface area contributed by atoms with Gasteiger partial charge in [-0.15, -0.1) is 0 Å². The van der Waals surface area contributed by atoms with Crippen molar-refractivity contribution in [1.82, 2.24) is 0 Å². The van der Waals surface area contributed by atoms with Crippen molar-refractivity contribution in [3.05, 3.63) is 54.6 Å². The summed E-state index contributed by atoms with van der Waals surface area (Å²) in [6.07, 6.45) is 0. The largest absolute Gasteiger partial charge is 0.480 e.